The fraction of sp³-hybridized carbons (Fsp3) is 0.419. The molecule has 0 atom stereocenters. The van der Waals surface area contributed by atoms with Crippen LogP contribution in [0.4, 0.5) is 5.95 Å². The number of nitrogens with two attached hydrogens (primary N) is 1. The fourth-order valence-electron chi connectivity index (χ4n) is 4.30. The summed E-state index contributed by atoms with van der Waals surface area (Å²) in [7, 11) is 0. The number of nitrogens with zero attached hydrogens (tertiary/aromatic N) is 3. The first-order valence-corrected chi connectivity index (χ1v) is 13.8. The molecule has 1 fully saturated rings. The van der Waals surface area contributed by atoms with Gasteiger partial charge >= 0.3 is 0 Å². The maximum atomic E-state index is 11.3. The summed E-state index contributed by atoms with van der Waals surface area (Å²) in [5.41, 5.74) is 12.2. The predicted molar refractivity (Wildman–Crippen MR) is 158 cm³/mol. The summed E-state index contributed by atoms with van der Waals surface area (Å²) in [6.07, 6.45) is 15.5. The molecule has 6 heteroatoms. The Bertz CT molecular complexity index is 1150. The van der Waals surface area contributed by atoms with E-state index in [0.717, 1.165) is 41.7 Å². The van der Waals surface area contributed by atoms with Crippen LogP contribution in [0.15, 0.2) is 71.6 Å². The second kappa shape index (κ2) is 16.3. The first-order chi connectivity index (χ1) is 18.1. The van der Waals surface area contributed by atoms with Crippen molar-refractivity contribution in [3.05, 3.63) is 88.4 Å². The zero-order chi connectivity index (χ0) is 27.8. The monoisotopic (exact) mass is 503 g/mol. The number of nitrogens with one attached hydrogen (secondary N) is 1. The van der Waals surface area contributed by atoms with Crippen LogP contribution in [0.3, 0.4) is 0 Å². The van der Waals surface area contributed by atoms with Crippen LogP contribution in [-0.2, 0) is 5.41 Å². The predicted octanol–water partition coefficient (Wildman–Crippen LogP) is 7.75. The average molecular weight is 504 g/mol. The molecule has 3 N–H and O–H groups in total. The summed E-state index contributed by atoms with van der Waals surface area (Å²) in [4.78, 5) is 26.4. The van der Waals surface area contributed by atoms with E-state index in [1.807, 2.05) is 55.4 Å². The van der Waals surface area contributed by atoms with Crippen molar-refractivity contribution in [2.24, 2.45) is 0 Å². The minimum atomic E-state index is -0.178. The smallest absolute Gasteiger partial charge is 0.266 e. The van der Waals surface area contributed by atoms with Crippen LogP contribution in [-0.4, -0.2) is 19.9 Å². The van der Waals surface area contributed by atoms with Gasteiger partial charge in [-0.15, -0.1) is 0 Å². The number of H-pyrrole nitrogens is 1. The number of benzene rings is 1. The van der Waals surface area contributed by atoms with Crippen molar-refractivity contribution >= 4 is 11.5 Å². The third-order valence-corrected chi connectivity index (χ3v) is 6.07. The zero-order valence-electron chi connectivity index (χ0n) is 23.9. The molecule has 0 spiro atoms. The molecule has 0 unspecified atom stereocenters. The van der Waals surface area contributed by atoms with E-state index in [-0.39, 0.29) is 16.9 Å². The second-order valence-electron chi connectivity index (χ2n) is 7.67. The van der Waals surface area contributed by atoms with Gasteiger partial charge in [0.25, 0.3) is 5.56 Å². The summed E-state index contributed by atoms with van der Waals surface area (Å²) in [6, 6.07) is 8.70. The van der Waals surface area contributed by atoms with E-state index in [2.05, 4.69) is 56.4 Å². The van der Waals surface area contributed by atoms with Crippen LogP contribution in [0.1, 0.15) is 92.3 Å². The molecule has 2 aliphatic carbocycles. The molecule has 0 saturated heterocycles. The van der Waals surface area contributed by atoms with Crippen LogP contribution in [0.25, 0.3) is 16.7 Å². The van der Waals surface area contributed by atoms with Crippen LogP contribution in [0.2, 0.25) is 0 Å². The van der Waals surface area contributed by atoms with Gasteiger partial charge in [-0.1, -0.05) is 98.2 Å². The van der Waals surface area contributed by atoms with E-state index in [1.165, 1.54) is 23.8 Å². The summed E-state index contributed by atoms with van der Waals surface area (Å²) in [5, 5.41) is 0. The molecule has 3 aromatic rings. The van der Waals surface area contributed by atoms with Crippen molar-refractivity contribution in [2.75, 3.05) is 5.73 Å². The minimum absolute atomic E-state index is 0.0695. The lowest BCUT2D eigenvalue weighted by Crippen LogP contribution is -2.35. The van der Waals surface area contributed by atoms with Crippen LogP contribution in [0.5, 0.6) is 0 Å². The summed E-state index contributed by atoms with van der Waals surface area (Å²) >= 11 is 0. The largest absolute Gasteiger partial charge is 0.368 e. The molecule has 1 saturated carbocycles. The summed E-state index contributed by atoms with van der Waals surface area (Å²) in [5.74, 6) is 0.284. The van der Waals surface area contributed by atoms with Crippen LogP contribution >= 0.6 is 0 Å². The van der Waals surface area contributed by atoms with Gasteiger partial charge in [-0.2, -0.15) is 0 Å². The van der Waals surface area contributed by atoms with E-state index < -0.39 is 0 Å². The molecule has 0 amide bonds. The molecule has 2 aromatic heterocycles. The molecule has 2 aliphatic rings. The lowest BCUT2D eigenvalue weighted by molar-refractivity contribution is 0.301. The number of aromatic nitrogens is 4. The molecule has 37 heavy (non-hydrogen) atoms. The molecule has 2 heterocycles. The van der Waals surface area contributed by atoms with E-state index >= 15 is 0 Å². The van der Waals surface area contributed by atoms with Crippen molar-refractivity contribution in [3.8, 4) is 11.1 Å². The fourth-order valence-corrected chi connectivity index (χ4v) is 4.30. The van der Waals surface area contributed by atoms with Gasteiger partial charge < -0.3 is 10.7 Å². The summed E-state index contributed by atoms with van der Waals surface area (Å²) in [6.45, 7) is 16.0. The SMILES string of the molecule is CC.CC.CC.CC.Nc1ncc(-c2ccc(C3(C4=CCC(c5c[nH]c(=O)cn5)=C4)CCC3)cc2)cn1. The Morgan fingerprint density at radius 1 is 0.811 bits per heavy atom. The molecule has 200 valence electrons. The molecule has 6 nitrogen and oxygen atoms in total. The van der Waals surface area contributed by atoms with Crippen molar-refractivity contribution in [2.45, 2.75) is 86.5 Å². The Balaban J connectivity index is 0.000000784. The number of aromatic amines is 1. The number of hydrogen-bond acceptors (Lipinski definition) is 5. The van der Waals surface area contributed by atoms with Crippen LogP contribution < -0.4 is 11.3 Å². The maximum absolute atomic E-state index is 11.3. The first-order valence-electron chi connectivity index (χ1n) is 13.8. The molecule has 0 bridgehead atoms. The third-order valence-electron chi connectivity index (χ3n) is 6.07. The molecular weight excluding hydrogens is 458 g/mol. The van der Waals surface area contributed by atoms with E-state index in [1.54, 1.807) is 18.6 Å². The minimum Gasteiger partial charge on any atom is -0.368 e. The Morgan fingerprint density at radius 3 is 1.89 bits per heavy atom. The Morgan fingerprint density at radius 2 is 1.41 bits per heavy atom. The number of rotatable bonds is 4. The van der Waals surface area contributed by atoms with Gasteiger partial charge in [-0.05, 0) is 41.5 Å². The normalized spacial score (nSPS) is 14.3. The lowest BCUT2D eigenvalue weighted by Gasteiger charge is -2.43. The van der Waals surface area contributed by atoms with Gasteiger partial charge in [0.1, 0.15) is 0 Å². The second-order valence-corrected chi connectivity index (χ2v) is 7.67. The zero-order valence-corrected chi connectivity index (χ0v) is 23.9. The molecular formula is C31H45N5O. The molecule has 0 aliphatic heterocycles. The number of anilines is 1. The van der Waals surface area contributed by atoms with Gasteiger partial charge in [0, 0.05) is 29.6 Å². The molecule has 0 radical (unpaired) electrons. The summed E-state index contributed by atoms with van der Waals surface area (Å²) < 4.78 is 0. The average Bonchev–Trinajstić information content (AvgIpc) is 3.44. The number of nitrogen functional groups attached to an aromatic ring is 1. The quantitative estimate of drug-likeness (QED) is 0.379. The number of allylic oxidation sites excluding steroid dienone is 4. The van der Waals surface area contributed by atoms with Crippen LogP contribution in [0, 0.1) is 0 Å². The third kappa shape index (κ3) is 7.48. The van der Waals surface area contributed by atoms with Crippen molar-refractivity contribution in [3.63, 3.8) is 0 Å². The lowest BCUT2D eigenvalue weighted by atomic mass is 9.60. The van der Waals surface area contributed by atoms with Gasteiger partial charge in [0.2, 0.25) is 5.95 Å². The van der Waals surface area contributed by atoms with Crippen molar-refractivity contribution in [1.82, 2.24) is 19.9 Å². The van der Waals surface area contributed by atoms with Crippen molar-refractivity contribution in [1.29, 1.82) is 0 Å². The van der Waals surface area contributed by atoms with Gasteiger partial charge in [0.15, 0.2) is 0 Å². The van der Waals surface area contributed by atoms with Crippen molar-refractivity contribution < 1.29 is 0 Å². The first kappa shape index (κ1) is 31.5. The van der Waals surface area contributed by atoms with E-state index in [4.69, 9.17) is 5.73 Å². The topological polar surface area (TPSA) is 97.5 Å². The maximum Gasteiger partial charge on any atom is 0.266 e. The highest BCUT2D eigenvalue weighted by Crippen LogP contribution is 2.52. The Labute approximate surface area is 223 Å². The molecule has 1 aromatic carbocycles. The standard InChI is InChI=1S/C23H21N5O.4C2H6/c24-22-27-11-17(12-28-22)15-2-5-18(6-3-15)23(8-1-9-23)19-7-4-16(10-19)20-13-26-21(29)14-25-20;4*1-2/h2-3,5-7,10-14H,1,4,8-9H2,(H,26,29)(H2,24,27,28);4*1-2H3. The van der Waals surface area contributed by atoms with E-state index in [0.29, 0.717) is 0 Å². The highest BCUT2D eigenvalue weighted by atomic mass is 16.1. The number of hydrogen-bond donors (Lipinski definition) is 2. The van der Waals surface area contributed by atoms with Gasteiger partial charge in [0.05, 0.1) is 11.9 Å². The van der Waals surface area contributed by atoms with Gasteiger partial charge in [-0.25, -0.2) is 15.0 Å². The highest BCUT2D eigenvalue weighted by Gasteiger charge is 2.42. The highest BCUT2D eigenvalue weighted by molar-refractivity contribution is 5.72. The Hall–Kier alpha value is -3.54. The molecule has 5 rings (SSSR count). The van der Waals surface area contributed by atoms with Gasteiger partial charge in [-0.3, -0.25) is 4.79 Å². The Kier molecular flexibility index (Phi) is 13.8. The van der Waals surface area contributed by atoms with E-state index in [9.17, 15) is 4.79 Å².